The first-order valence-electron chi connectivity index (χ1n) is 12.1. The van der Waals surface area contributed by atoms with E-state index in [9.17, 15) is 9.59 Å². The van der Waals surface area contributed by atoms with Gasteiger partial charge in [0.05, 0.1) is 12.6 Å². The number of carbonyl (C=O) groups is 2. The number of aromatic amines is 1. The van der Waals surface area contributed by atoms with Gasteiger partial charge in [-0.25, -0.2) is 0 Å². The summed E-state index contributed by atoms with van der Waals surface area (Å²) in [6.45, 7) is 4.11. The first-order chi connectivity index (χ1) is 16.6. The molecule has 0 radical (unpaired) electrons. The summed E-state index contributed by atoms with van der Waals surface area (Å²) >= 11 is 6.15. The molecule has 2 aliphatic rings. The van der Waals surface area contributed by atoms with Gasteiger partial charge in [-0.05, 0) is 42.2 Å². The van der Waals surface area contributed by atoms with Gasteiger partial charge in [0.1, 0.15) is 6.04 Å². The number of ether oxygens (including phenoxy) is 1. The quantitative estimate of drug-likeness (QED) is 0.476. The SMILES string of the molecule is CCCCOCCCN1CC(=O)N2[C@H](c3ccc(Cl)cc3)c3[nH]c4ccccc4c3C[C@@H]2C1=O. The van der Waals surface area contributed by atoms with Gasteiger partial charge in [0.15, 0.2) is 0 Å². The first-order valence-corrected chi connectivity index (χ1v) is 12.5. The number of fused-ring (bicyclic) bond motifs is 4. The number of halogens is 1. The molecule has 0 spiro atoms. The van der Waals surface area contributed by atoms with E-state index < -0.39 is 6.04 Å². The van der Waals surface area contributed by atoms with Gasteiger partial charge in [-0.1, -0.05) is 55.3 Å². The summed E-state index contributed by atoms with van der Waals surface area (Å²) < 4.78 is 5.65. The predicted molar refractivity (Wildman–Crippen MR) is 133 cm³/mol. The third-order valence-electron chi connectivity index (χ3n) is 6.89. The van der Waals surface area contributed by atoms with Crippen LogP contribution in [0.3, 0.4) is 0 Å². The number of para-hydroxylation sites is 1. The molecule has 1 fully saturated rings. The Hall–Kier alpha value is -2.83. The Labute approximate surface area is 204 Å². The largest absolute Gasteiger partial charge is 0.381 e. The van der Waals surface area contributed by atoms with E-state index in [2.05, 4.69) is 18.0 Å². The van der Waals surface area contributed by atoms with Crippen molar-refractivity contribution >= 4 is 34.3 Å². The van der Waals surface area contributed by atoms with Crippen LogP contribution in [0.2, 0.25) is 5.02 Å². The van der Waals surface area contributed by atoms with Gasteiger partial charge < -0.3 is 19.5 Å². The second-order valence-electron chi connectivity index (χ2n) is 9.12. The highest BCUT2D eigenvalue weighted by molar-refractivity contribution is 6.30. The third-order valence-corrected chi connectivity index (χ3v) is 7.14. The molecule has 0 unspecified atom stereocenters. The zero-order chi connectivity index (χ0) is 23.7. The van der Waals surface area contributed by atoms with Crippen LogP contribution in [0.1, 0.15) is 49.0 Å². The maximum atomic E-state index is 13.6. The van der Waals surface area contributed by atoms with E-state index in [1.165, 1.54) is 0 Å². The molecule has 34 heavy (non-hydrogen) atoms. The van der Waals surface area contributed by atoms with Crippen molar-refractivity contribution in [3.8, 4) is 0 Å². The van der Waals surface area contributed by atoms with Crippen molar-refractivity contribution in [2.45, 2.75) is 44.7 Å². The number of nitrogens with zero attached hydrogens (tertiary/aromatic N) is 2. The summed E-state index contributed by atoms with van der Waals surface area (Å²) in [6.07, 6.45) is 3.38. The van der Waals surface area contributed by atoms with Crippen LogP contribution < -0.4 is 0 Å². The summed E-state index contributed by atoms with van der Waals surface area (Å²) in [7, 11) is 0. The van der Waals surface area contributed by atoms with Crippen LogP contribution in [-0.4, -0.2) is 58.9 Å². The lowest BCUT2D eigenvalue weighted by atomic mass is 9.86. The van der Waals surface area contributed by atoms with Crippen LogP contribution in [0.15, 0.2) is 48.5 Å². The average Bonchev–Trinajstić information content (AvgIpc) is 3.22. The maximum Gasteiger partial charge on any atom is 0.246 e. The molecule has 1 saturated heterocycles. The molecular weight excluding hydrogens is 450 g/mol. The molecule has 2 aromatic carbocycles. The normalized spacial score (nSPS) is 20.1. The summed E-state index contributed by atoms with van der Waals surface area (Å²) in [5.41, 5.74) is 4.06. The van der Waals surface area contributed by atoms with Crippen molar-refractivity contribution in [2.24, 2.45) is 0 Å². The zero-order valence-corrected chi connectivity index (χ0v) is 20.2. The third kappa shape index (κ3) is 4.21. The van der Waals surface area contributed by atoms with E-state index >= 15 is 0 Å². The van der Waals surface area contributed by atoms with Gasteiger partial charge in [-0.15, -0.1) is 0 Å². The van der Waals surface area contributed by atoms with Crippen LogP contribution in [0.5, 0.6) is 0 Å². The van der Waals surface area contributed by atoms with Crippen LogP contribution in [-0.2, 0) is 20.7 Å². The highest BCUT2D eigenvalue weighted by Gasteiger charge is 2.48. The fourth-order valence-electron chi connectivity index (χ4n) is 5.21. The molecule has 2 aliphatic heterocycles. The van der Waals surface area contributed by atoms with Crippen LogP contribution >= 0.6 is 11.6 Å². The summed E-state index contributed by atoms with van der Waals surface area (Å²) in [5, 5.41) is 1.75. The second kappa shape index (κ2) is 9.80. The van der Waals surface area contributed by atoms with Gasteiger partial charge in [0.25, 0.3) is 0 Å². The minimum absolute atomic E-state index is 0.0167. The maximum absolute atomic E-state index is 13.6. The number of piperazine rings is 1. The monoisotopic (exact) mass is 479 g/mol. The van der Waals surface area contributed by atoms with E-state index in [1.54, 1.807) is 9.80 Å². The second-order valence-corrected chi connectivity index (χ2v) is 9.55. The fraction of sp³-hybridized carbons (Fsp3) is 0.407. The van der Waals surface area contributed by atoms with E-state index in [1.807, 2.05) is 42.5 Å². The van der Waals surface area contributed by atoms with Crippen molar-refractivity contribution in [1.82, 2.24) is 14.8 Å². The number of carbonyl (C=O) groups excluding carboxylic acids is 2. The number of hydrogen-bond donors (Lipinski definition) is 1. The molecule has 6 nitrogen and oxygen atoms in total. The Balaban J connectivity index is 1.46. The zero-order valence-electron chi connectivity index (χ0n) is 19.4. The number of unbranched alkanes of at least 4 members (excludes halogenated alkanes) is 1. The highest BCUT2D eigenvalue weighted by Crippen LogP contribution is 2.42. The molecule has 2 atom stereocenters. The van der Waals surface area contributed by atoms with Crippen molar-refractivity contribution in [2.75, 3.05) is 26.3 Å². The number of benzene rings is 2. The Morgan fingerprint density at radius 1 is 1.06 bits per heavy atom. The molecule has 7 heteroatoms. The first kappa shape index (κ1) is 22.9. The van der Waals surface area contributed by atoms with Gasteiger partial charge in [-0.3, -0.25) is 9.59 Å². The molecule has 178 valence electrons. The summed E-state index contributed by atoms with van der Waals surface area (Å²) in [4.78, 5) is 34.2. The topological polar surface area (TPSA) is 65.6 Å². The Morgan fingerprint density at radius 3 is 2.62 bits per heavy atom. The lowest BCUT2D eigenvalue weighted by Crippen LogP contribution is -2.63. The van der Waals surface area contributed by atoms with E-state index in [0.29, 0.717) is 24.6 Å². The average molecular weight is 480 g/mol. The molecule has 1 N–H and O–H groups in total. The van der Waals surface area contributed by atoms with Gasteiger partial charge >= 0.3 is 0 Å². The molecule has 1 aromatic heterocycles. The number of amides is 2. The molecule has 0 bridgehead atoms. The van der Waals surface area contributed by atoms with Crippen LogP contribution in [0.25, 0.3) is 10.9 Å². The molecule has 3 heterocycles. The van der Waals surface area contributed by atoms with Crippen molar-refractivity contribution in [1.29, 1.82) is 0 Å². The lowest BCUT2D eigenvalue weighted by Gasteiger charge is -2.47. The number of aromatic nitrogens is 1. The minimum atomic E-state index is -0.519. The summed E-state index contributed by atoms with van der Waals surface area (Å²) in [6, 6.07) is 14.8. The number of nitrogens with one attached hydrogen (secondary N) is 1. The van der Waals surface area contributed by atoms with Crippen LogP contribution in [0.4, 0.5) is 0 Å². The van der Waals surface area contributed by atoms with Gasteiger partial charge in [-0.2, -0.15) is 0 Å². The Morgan fingerprint density at radius 2 is 1.82 bits per heavy atom. The molecular formula is C27H30ClN3O3. The lowest BCUT2D eigenvalue weighted by molar-refractivity contribution is -0.158. The van der Waals surface area contributed by atoms with E-state index in [0.717, 1.165) is 53.6 Å². The number of H-pyrrole nitrogens is 1. The highest BCUT2D eigenvalue weighted by atomic mass is 35.5. The van der Waals surface area contributed by atoms with Crippen molar-refractivity contribution in [3.63, 3.8) is 0 Å². The molecule has 2 amide bonds. The number of hydrogen-bond acceptors (Lipinski definition) is 3. The standard InChI is InChI=1S/C27H30ClN3O3/c1-2-3-14-34-15-6-13-30-17-24(32)31-23(27(30)33)16-21-20-7-4-5-8-22(20)29-25(21)26(31)18-9-11-19(28)12-10-18/h4-5,7-12,23,26,29H,2-3,6,13-17H2,1H3/t23-,26-/m1/s1. The smallest absolute Gasteiger partial charge is 0.246 e. The molecule has 5 rings (SSSR count). The van der Waals surface area contributed by atoms with Gasteiger partial charge in [0, 0.05) is 47.8 Å². The van der Waals surface area contributed by atoms with Crippen molar-refractivity contribution < 1.29 is 14.3 Å². The van der Waals surface area contributed by atoms with E-state index in [-0.39, 0.29) is 24.4 Å². The van der Waals surface area contributed by atoms with E-state index in [4.69, 9.17) is 16.3 Å². The molecule has 0 aliphatic carbocycles. The van der Waals surface area contributed by atoms with Crippen molar-refractivity contribution in [3.05, 3.63) is 70.4 Å². The Bertz CT molecular complexity index is 1190. The number of rotatable bonds is 8. The molecule has 3 aromatic rings. The van der Waals surface area contributed by atoms with Crippen LogP contribution in [0, 0.1) is 0 Å². The summed E-state index contributed by atoms with van der Waals surface area (Å²) in [5.74, 6) is -0.0104. The fourth-order valence-corrected chi connectivity index (χ4v) is 5.34. The van der Waals surface area contributed by atoms with Gasteiger partial charge in [0.2, 0.25) is 11.8 Å². The minimum Gasteiger partial charge on any atom is -0.381 e. The molecule has 0 saturated carbocycles. The Kier molecular flexibility index (Phi) is 6.61. The predicted octanol–water partition coefficient (Wildman–Crippen LogP) is 4.71.